The molecule has 16 heavy (non-hydrogen) atoms. The maximum absolute atomic E-state index is 11.8. The summed E-state index contributed by atoms with van der Waals surface area (Å²) in [5.74, 6) is 0.243. The first-order valence-electron chi connectivity index (χ1n) is 4.39. The number of aromatic nitrogens is 3. The number of amides is 1. The van der Waals surface area contributed by atoms with E-state index < -0.39 is 0 Å². The Morgan fingerprint density at radius 2 is 2.38 bits per heavy atom. The monoisotopic (exact) mass is 298 g/mol. The van der Waals surface area contributed by atoms with Gasteiger partial charge in [0.2, 0.25) is 0 Å². The van der Waals surface area contributed by atoms with Crippen molar-refractivity contribution in [2.45, 2.75) is 6.92 Å². The Bertz CT molecular complexity index is 528. The highest BCUT2D eigenvalue weighted by atomic mass is 79.9. The van der Waals surface area contributed by atoms with E-state index in [1.165, 1.54) is 0 Å². The first kappa shape index (κ1) is 11.2. The van der Waals surface area contributed by atoms with Crippen LogP contribution in [0.25, 0.3) is 0 Å². The molecule has 82 valence electrons. The highest BCUT2D eigenvalue weighted by Crippen LogP contribution is 2.20. The fourth-order valence-corrected chi connectivity index (χ4v) is 1.99. The predicted molar refractivity (Wildman–Crippen MR) is 64.5 cm³/mol. The smallest absolute Gasteiger partial charge is 0.270 e. The third-order valence-electron chi connectivity index (χ3n) is 1.85. The number of hydrogen-bond acceptors (Lipinski definition) is 5. The molecule has 7 heteroatoms. The zero-order chi connectivity index (χ0) is 11.5. The van der Waals surface area contributed by atoms with Crippen LogP contribution in [0, 0.1) is 6.92 Å². The number of rotatable bonds is 2. The molecule has 0 saturated carbocycles. The minimum absolute atomic E-state index is 0.244. The quantitative estimate of drug-likeness (QED) is 0.923. The molecule has 0 atom stereocenters. The van der Waals surface area contributed by atoms with Crippen molar-refractivity contribution in [1.29, 1.82) is 0 Å². The van der Waals surface area contributed by atoms with Crippen LogP contribution in [0.1, 0.15) is 15.4 Å². The predicted octanol–water partition coefficient (Wildman–Crippen LogP) is 2.26. The Morgan fingerprint density at radius 1 is 1.56 bits per heavy atom. The molecular formula is C9H7BrN4OS. The summed E-state index contributed by atoms with van der Waals surface area (Å²) in [5.41, 5.74) is 0.620. The second kappa shape index (κ2) is 4.67. The molecule has 0 bridgehead atoms. The van der Waals surface area contributed by atoms with Crippen LogP contribution in [0.4, 0.5) is 5.82 Å². The standard InChI is InChI=1S/C9H7BrN4OS/c1-5-7(16-14-13-5)9(15)12-8-6(10)3-2-4-11-8/h2-4H,1H3,(H,11,12,15). The third-order valence-corrected chi connectivity index (χ3v) is 3.31. The van der Waals surface area contributed by atoms with Gasteiger partial charge in [0.25, 0.3) is 5.91 Å². The molecule has 0 saturated heterocycles. The summed E-state index contributed by atoms with van der Waals surface area (Å²) in [6.07, 6.45) is 1.61. The summed E-state index contributed by atoms with van der Waals surface area (Å²) >= 11 is 4.37. The Labute approximate surface area is 104 Å². The van der Waals surface area contributed by atoms with Crippen LogP contribution in [-0.4, -0.2) is 20.5 Å². The maximum Gasteiger partial charge on any atom is 0.270 e. The van der Waals surface area contributed by atoms with Gasteiger partial charge in [-0.05, 0) is 46.5 Å². The lowest BCUT2D eigenvalue weighted by Gasteiger charge is -2.03. The van der Waals surface area contributed by atoms with Gasteiger partial charge in [-0.2, -0.15) is 0 Å². The molecule has 2 aromatic heterocycles. The largest absolute Gasteiger partial charge is 0.305 e. The number of aryl methyl sites for hydroxylation is 1. The lowest BCUT2D eigenvalue weighted by atomic mass is 10.3. The van der Waals surface area contributed by atoms with E-state index in [2.05, 4.69) is 35.8 Å². The van der Waals surface area contributed by atoms with E-state index in [-0.39, 0.29) is 5.91 Å². The number of halogens is 1. The van der Waals surface area contributed by atoms with Crippen molar-refractivity contribution in [2.75, 3.05) is 5.32 Å². The molecule has 2 aromatic rings. The first-order valence-corrected chi connectivity index (χ1v) is 5.96. The van der Waals surface area contributed by atoms with Gasteiger partial charge in [-0.15, -0.1) is 5.10 Å². The maximum atomic E-state index is 11.8. The molecule has 2 heterocycles. The topological polar surface area (TPSA) is 67.8 Å². The zero-order valence-corrected chi connectivity index (χ0v) is 10.7. The number of carbonyl (C=O) groups is 1. The number of anilines is 1. The van der Waals surface area contributed by atoms with Crippen LogP contribution in [0.2, 0.25) is 0 Å². The van der Waals surface area contributed by atoms with Gasteiger partial charge in [0, 0.05) is 6.20 Å². The van der Waals surface area contributed by atoms with Crippen molar-refractivity contribution >= 4 is 39.2 Å². The normalized spacial score (nSPS) is 10.1. The van der Waals surface area contributed by atoms with Crippen LogP contribution in [-0.2, 0) is 0 Å². The number of hydrogen-bond donors (Lipinski definition) is 1. The van der Waals surface area contributed by atoms with Crippen LogP contribution in [0.3, 0.4) is 0 Å². The molecule has 0 spiro atoms. The average molecular weight is 299 g/mol. The molecule has 0 unspecified atom stereocenters. The number of nitrogens with one attached hydrogen (secondary N) is 1. The summed E-state index contributed by atoms with van der Waals surface area (Å²) in [6, 6.07) is 3.58. The van der Waals surface area contributed by atoms with Gasteiger partial charge >= 0.3 is 0 Å². The number of pyridine rings is 1. The van der Waals surface area contributed by atoms with E-state index in [4.69, 9.17) is 0 Å². The van der Waals surface area contributed by atoms with Crippen molar-refractivity contribution in [3.8, 4) is 0 Å². The van der Waals surface area contributed by atoms with E-state index >= 15 is 0 Å². The number of nitrogens with zero attached hydrogens (tertiary/aromatic N) is 3. The van der Waals surface area contributed by atoms with E-state index in [9.17, 15) is 4.79 Å². The lowest BCUT2D eigenvalue weighted by molar-refractivity contribution is 0.102. The zero-order valence-electron chi connectivity index (χ0n) is 8.27. The Morgan fingerprint density at radius 3 is 3.00 bits per heavy atom. The lowest BCUT2D eigenvalue weighted by Crippen LogP contribution is -2.13. The van der Waals surface area contributed by atoms with Crippen LogP contribution >= 0.6 is 27.5 Å². The molecule has 1 amide bonds. The van der Waals surface area contributed by atoms with E-state index in [0.29, 0.717) is 16.4 Å². The third kappa shape index (κ3) is 2.25. The summed E-state index contributed by atoms with van der Waals surface area (Å²) in [7, 11) is 0. The fraction of sp³-hybridized carbons (Fsp3) is 0.111. The van der Waals surface area contributed by atoms with Crippen molar-refractivity contribution < 1.29 is 4.79 Å². The molecule has 1 N–H and O–H groups in total. The minimum atomic E-state index is -0.244. The van der Waals surface area contributed by atoms with Gasteiger partial charge in [0.05, 0.1) is 10.2 Å². The van der Waals surface area contributed by atoms with Gasteiger partial charge in [-0.1, -0.05) is 4.49 Å². The second-order valence-electron chi connectivity index (χ2n) is 2.98. The minimum Gasteiger partial charge on any atom is -0.305 e. The summed E-state index contributed by atoms with van der Waals surface area (Å²) in [6.45, 7) is 1.74. The van der Waals surface area contributed by atoms with Crippen LogP contribution in [0.5, 0.6) is 0 Å². The molecule has 0 radical (unpaired) electrons. The summed E-state index contributed by atoms with van der Waals surface area (Å²) in [5, 5.41) is 6.46. The molecule has 0 aliphatic carbocycles. The van der Waals surface area contributed by atoms with Crippen molar-refractivity contribution in [1.82, 2.24) is 14.6 Å². The fourth-order valence-electron chi connectivity index (χ4n) is 1.08. The molecule has 0 aliphatic heterocycles. The Hall–Kier alpha value is -1.34. The highest BCUT2D eigenvalue weighted by Gasteiger charge is 2.14. The average Bonchev–Trinajstić information content (AvgIpc) is 2.68. The molecule has 2 rings (SSSR count). The van der Waals surface area contributed by atoms with Gasteiger partial charge in [-0.3, -0.25) is 4.79 Å². The van der Waals surface area contributed by atoms with Crippen molar-refractivity contribution in [3.63, 3.8) is 0 Å². The molecule has 0 aromatic carbocycles. The molecular weight excluding hydrogens is 292 g/mol. The van der Waals surface area contributed by atoms with Gasteiger partial charge in [-0.25, -0.2) is 4.98 Å². The molecule has 5 nitrogen and oxygen atoms in total. The SMILES string of the molecule is Cc1nnsc1C(=O)Nc1ncccc1Br. The Kier molecular flexibility index (Phi) is 3.25. The van der Waals surface area contributed by atoms with Gasteiger partial charge < -0.3 is 5.32 Å². The first-order chi connectivity index (χ1) is 7.68. The van der Waals surface area contributed by atoms with E-state index in [1.807, 2.05) is 0 Å². The van der Waals surface area contributed by atoms with Gasteiger partial charge in [0.15, 0.2) is 0 Å². The van der Waals surface area contributed by atoms with E-state index in [1.54, 1.807) is 25.3 Å². The van der Waals surface area contributed by atoms with Crippen molar-refractivity contribution in [2.24, 2.45) is 0 Å². The van der Waals surface area contributed by atoms with Crippen molar-refractivity contribution in [3.05, 3.63) is 33.4 Å². The van der Waals surface area contributed by atoms with E-state index in [0.717, 1.165) is 16.0 Å². The molecule has 0 fully saturated rings. The summed E-state index contributed by atoms with van der Waals surface area (Å²) < 4.78 is 4.44. The number of carbonyl (C=O) groups excluding carboxylic acids is 1. The Balaban J connectivity index is 2.21. The summed E-state index contributed by atoms with van der Waals surface area (Å²) in [4.78, 5) is 16.3. The highest BCUT2D eigenvalue weighted by molar-refractivity contribution is 9.10. The molecule has 0 aliphatic rings. The van der Waals surface area contributed by atoms with Crippen LogP contribution in [0.15, 0.2) is 22.8 Å². The van der Waals surface area contributed by atoms with Crippen LogP contribution < -0.4 is 5.32 Å². The second-order valence-corrected chi connectivity index (χ2v) is 4.58. The van der Waals surface area contributed by atoms with Gasteiger partial charge in [0.1, 0.15) is 10.7 Å².